The Morgan fingerprint density at radius 2 is 2.18 bits per heavy atom. The van der Waals surface area contributed by atoms with Gasteiger partial charge < -0.3 is 5.32 Å². The second-order valence-electron chi connectivity index (χ2n) is 3.56. The van der Waals surface area contributed by atoms with Gasteiger partial charge in [-0.25, -0.2) is 15.0 Å². The van der Waals surface area contributed by atoms with Crippen LogP contribution in [-0.2, 0) is 0 Å². The monoisotopic (exact) mass is 245 g/mol. The summed E-state index contributed by atoms with van der Waals surface area (Å²) in [5.41, 5.74) is 1.30. The van der Waals surface area contributed by atoms with Gasteiger partial charge in [0.2, 0.25) is 0 Å². The van der Waals surface area contributed by atoms with Crippen molar-refractivity contribution < 1.29 is 0 Å². The first kappa shape index (κ1) is 11.5. The van der Waals surface area contributed by atoms with Gasteiger partial charge in [-0.05, 0) is 13.8 Å². The third-order valence-electron chi connectivity index (χ3n) is 2.16. The highest BCUT2D eigenvalue weighted by Crippen LogP contribution is 2.22. The summed E-state index contributed by atoms with van der Waals surface area (Å²) in [7, 11) is 0. The van der Waals surface area contributed by atoms with Crippen molar-refractivity contribution in [2.45, 2.75) is 19.9 Å². The highest BCUT2D eigenvalue weighted by molar-refractivity contribution is 7.09. The summed E-state index contributed by atoms with van der Waals surface area (Å²) in [5.74, 6) is 0.496. The number of thiazole rings is 1. The zero-order valence-electron chi connectivity index (χ0n) is 9.51. The van der Waals surface area contributed by atoms with Crippen LogP contribution in [-0.4, -0.2) is 15.0 Å². The van der Waals surface area contributed by atoms with Crippen LogP contribution in [0.4, 0.5) is 5.82 Å². The maximum atomic E-state index is 8.90. The van der Waals surface area contributed by atoms with Gasteiger partial charge in [0.25, 0.3) is 0 Å². The van der Waals surface area contributed by atoms with Crippen LogP contribution >= 0.6 is 11.3 Å². The summed E-state index contributed by atoms with van der Waals surface area (Å²) < 4.78 is 0. The van der Waals surface area contributed by atoms with Crippen LogP contribution in [0.5, 0.6) is 0 Å². The molecule has 0 bridgehead atoms. The molecular weight excluding hydrogens is 234 g/mol. The molecule has 6 heteroatoms. The quantitative estimate of drug-likeness (QED) is 0.898. The zero-order valence-corrected chi connectivity index (χ0v) is 10.3. The van der Waals surface area contributed by atoms with Gasteiger partial charge in [0, 0.05) is 23.5 Å². The van der Waals surface area contributed by atoms with E-state index >= 15 is 0 Å². The molecule has 0 aromatic carbocycles. The first-order valence-corrected chi connectivity index (χ1v) is 5.98. The number of nitrogens with one attached hydrogen (secondary N) is 1. The third kappa shape index (κ3) is 2.57. The third-order valence-corrected chi connectivity index (χ3v) is 3.31. The van der Waals surface area contributed by atoms with Gasteiger partial charge in [-0.3, -0.25) is 0 Å². The Balaban J connectivity index is 2.19. The molecule has 17 heavy (non-hydrogen) atoms. The molecule has 0 fully saturated rings. The summed E-state index contributed by atoms with van der Waals surface area (Å²) in [5, 5.41) is 15.0. The van der Waals surface area contributed by atoms with E-state index in [1.807, 2.05) is 25.3 Å². The lowest BCUT2D eigenvalue weighted by atomic mass is 10.3. The van der Waals surface area contributed by atoms with E-state index in [1.165, 1.54) is 6.20 Å². The number of hydrogen-bond acceptors (Lipinski definition) is 6. The number of anilines is 1. The van der Waals surface area contributed by atoms with Crippen molar-refractivity contribution in [3.8, 4) is 6.07 Å². The first-order valence-electron chi connectivity index (χ1n) is 5.10. The molecule has 2 rings (SSSR count). The molecule has 2 heterocycles. The van der Waals surface area contributed by atoms with Crippen molar-refractivity contribution >= 4 is 17.2 Å². The second kappa shape index (κ2) is 4.89. The summed E-state index contributed by atoms with van der Waals surface area (Å²) in [6.45, 7) is 3.93. The molecule has 1 unspecified atom stereocenters. The number of rotatable bonds is 3. The summed E-state index contributed by atoms with van der Waals surface area (Å²) in [4.78, 5) is 12.4. The van der Waals surface area contributed by atoms with E-state index in [9.17, 15) is 0 Å². The fourth-order valence-corrected chi connectivity index (χ4v) is 2.17. The van der Waals surface area contributed by atoms with Gasteiger partial charge in [0.05, 0.1) is 6.04 Å². The van der Waals surface area contributed by atoms with Gasteiger partial charge in [-0.2, -0.15) is 5.26 Å². The molecule has 0 aliphatic heterocycles. The van der Waals surface area contributed by atoms with Crippen LogP contribution in [0.25, 0.3) is 0 Å². The highest BCUT2D eigenvalue weighted by atomic mass is 32.1. The molecule has 0 spiro atoms. The lowest BCUT2D eigenvalue weighted by Crippen LogP contribution is -2.09. The second-order valence-corrected chi connectivity index (χ2v) is 4.45. The Morgan fingerprint density at radius 3 is 2.82 bits per heavy atom. The minimum Gasteiger partial charge on any atom is -0.359 e. The molecule has 0 aliphatic rings. The first-order chi connectivity index (χ1) is 8.20. The molecule has 86 valence electrons. The lowest BCUT2D eigenvalue weighted by molar-refractivity contribution is 0.851. The molecule has 2 aromatic heterocycles. The number of aryl methyl sites for hydroxylation is 1. The minimum atomic E-state index is 0.0116. The summed E-state index contributed by atoms with van der Waals surface area (Å²) >= 11 is 1.59. The maximum Gasteiger partial charge on any atom is 0.182 e. The number of aromatic nitrogens is 3. The van der Waals surface area contributed by atoms with E-state index in [0.29, 0.717) is 11.5 Å². The molecule has 0 amide bonds. The predicted molar refractivity (Wildman–Crippen MR) is 65.6 cm³/mol. The topological polar surface area (TPSA) is 74.5 Å². The average Bonchev–Trinajstić information content (AvgIpc) is 2.77. The highest BCUT2D eigenvalue weighted by Gasteiger charge is 2.12. The smallest absolute Gasteiger partial charge is 0.182 e. The summed E-state index contributed by atoms with van der Waals surface area (Å²) in [6.07, 6.45) is 3.06. The van der Waals surface area contributed by atoms with Gasteiger partial charge >= 0.3 is 0 Å². The van der Waals surface area contributed by atoms with E-state index in [-0.39, 0.29) is 6.04 Å². The molecule has 2 aromatic rings. The van der Waals surface area contributed by atoms with Crippen molar-refractivity contribution in [1.29, 1.82) is 5.26 Å². The maximum absolute atomic E-state index is 8.90. The molecule has 1 N–H and O–H groups in total. The van der Waals surface area contributed by atoms with Crippen LogP contribution in [0.15, 0.2) is 17.8 Å². The van der Waals surface area contributed by atoms with Crippen LogP contribution in [0.2, 0.25) is 0 Å². The standard InChI is InChI=1S/C11H11N5S/c1-7-6-17-11(15-7)8(2)16-10-9(5-12)13-3-4-14-10/h3-4,6,8H,1-2H3,(H,14,16). The van der Waals surface area contributed by atoms with Crippen molar-refractivity contribution in [2.75, 3.05) is 5.32 Å². The van der Waals surface area contributed by atoms with Gasteiger partial charge in [-0.1, -0.05) is 0 Å². The van der Waals surface area contributed by atoms with Crippen LogP contribution in [0.3, 0.4) is 0 Å². The van der Waals surface area contributed by atoms with Crippen LogP contribution in [0, 0.1) is 18.3 Å². The van der Waals surface area contributed by atoms with Crippen LogP contribution < -0.4 is 5.32 Å². The largest absolute Gasteiger partial charge is 0.359 e. The van der Waals surface area contributed by atoms with Crippen molar-refractivity contribution in [3.05, 3.63) is 34.2 Å². The minimum absolute atomic E-state index is 0.0116. The van der Waals surface area contributed by atoms with Gasteiger partial charge in [0.1, 0.15) is 11.1 Å². The molecule has 0 saturated carbocycles. The molecule has 0 radical (unpaired) electrons. The molecular formula is C11H11N5S. The van der Waals surface area contributed by atoms with E-state index in [4.69, 9.17) is 5.26 Å². The molecule has 0 saturated heterocycles. The zero-order chi connectivity index (χ0) is 12.3. The van der Waals surface area contributed by atoms with Gasteiger partial charge in [0.15, 0.2) is 11.5 Å². The van der Waals surface area contributed by atoms with E-state index in [2.05, 4.69) is 20.3 Å². The number of nitriles is 1. The normalized spacial score (nSPS) is 11.8. The van der Waals surface area contributed by atoms with E-state index < -0.39 is 0 Å². The van der Waals surface area contributed by atoms with Gasteiger partial charge in [-0.15, -0.1) is 11.3 Å². The Bertz CT molecular complexity index is 557. The van der Waals surface area contributed by atoms with Crippen LogP contribution in [0.1, 0.15) is 29.4 Å². The fraction of sp³-hybridized carbons (Fsp3) is 0.273. The fourth-order valence-electron chi connectivity index (χ4n) is 1.36. The van der Waals surface area contributed by atoms with Crippen molar-refractivity contribution in [1.82, 2.24) is 15.0 Å². The molecule has 5 nitrogen and oxygen atoms in total. The Morgan fingerprint density at radius 1 is 1.41 bits per heavy atom. The Hall–Kier alpha value is -2.00. The summed E-state index contributed by atoms with van der Waals surface area (Å²) in [6, 6.07) is 2.02. The van der Waals surface area contributed by atoms with E-state index in [0.717, 1.165) is 10.7 Å². The lowest BCUT2D eigenvalue weighted by Gasteiger charge is -2.11. The Labute approximate surface area is 103 Å². The average molecular weight is 245 g/mol. The van der Waals surface area contributed by atoms with Crippen molar-refractivity contribution in [2.24, 2.45) is 0 Å². The Kier molecular flexibility index (Phi) is 3.30. The number of hydrogen-bond donors (Lipinski definition) is 1. The van der Waals surface area contributed by atoms with E-state index in [1.54, 1.807) is 17.5 Å². The van der Waals surface area contributed by atoms with Crippen molar-refractivity contribution in [3.63, 3.8) is 0 Å². The SMILES string of the molecule is Cc1csc(C(C)Nc2nccnc2C#N)n1. The molecule has 1 atom stereocenters. The molecule has 0 aliphatic carbocycles. The number of nitrogens with zero attached hydrogens (tertiary/aromatic N) is 4. The predicted octanol–water partition coefficient (Wildman–Crippen LogP) is 2.29.